The summed E-state index contributed by atoms with van der Waals surface area (Å²) < 4.78 is 6.34. The first-order valence-electron chi connectivity index (χ1n) is 7.03. The maximum absolute atomic E-state index is 5.78. The first kappa shape index (κ1) is 14.3. The zero-order chi connectivity index (χ0) is 12.8. The van der Waals surface area contributed by atoms with Crippen LogP contribution in [0.2, 0.25) is 0 Å². The molecule has 0 aliphatic heterocycles. The van der Waals surface area contributed by atoms with Crippen molar-refractivity contribution in [1.82, 2.24) is 0 Å². The molecule has 1 aliphatic carbocycles. The number of ether oxygens (including phenoxy) is 1. The molecule has 0 spiro atoms. The summed E-state index contributed by atoms with van der Waals surface area (Å²) >= 11 is 2.56. The standard InChI is InChI=1S/C16H23IO/c1-18-16(14-10-6-3-7-11-14)12-15(17)13-8-4-2-5-9-13/h2,4-5,8-9,14-16H,3,6-7,10-12H2,1H3. The maximum atomic E-state index is 5.78. The lowest BCUT2D eigenvalue weighted by atomic mass is 9.83. The Labute approximate surface area is 124 Å². The van der Waals surface area contributed by atoms with Crippen LogP contribution in [0.25, 0.3) is 0 Å². The molecule has 2 atom stereocenters. The molecule has 0 radical (unpaired) electrons. The van der Waals surface area contributed by atoms with Gasteiger partial charge in [-0.3, -0.25) is 0 Å². The highest BCUT2D eigenvalue weighted by Gasteiger charge is 2.25. The molecular weight excluding hydrogens is 335 g/mol. The molecule has 1 saturated carbocycles. The fraction of sp³-hybridized carbons (Fsp3) is 0.625. The molecule has 0 saturated heterocycles. The summed E-state index contributed by atoms with van der Waals surface area (Å²) in [5.74, 6) is 0.782. The van der Waals surface area contributed by atoms with E-state index in [0.717, 1.165) is 12.3 Å². The summed E-state index contributed by atoms with van der Waals surface area (Å²) in [4.78, 5) is 0. The van der Waals surface area contributed by atoms with E-state index in [1.807, 2.05) is 7.11 Å². The van der Waals surface area contributed by atoms with Gasteiger partial charge in [0.25, 0.3) is 0 Å². The molecule has 0 bridgehead atoms. The molecule has 1 aromatic rings. The largest absolute Gasteiger partial charge is 0.381 e. The van der Waals surface area contributed by atoms with Crippen molar-refractivity contribution < 1.29 is 4.74 Å². The fourth-order valence-corrected chi connectivity index (χ4v) is 3.91. The van der Waals surface area contributed by atoms with E-state index in [9.17, 15) is 0 Å². The molecule has 1 aliphatic rings. The molecule has 1 aromatic carbocycles. The van der Waals surface area contributed by atoms with Gasteiger partial charge in [-0.1, -0.05) is 72.2 Å². The van der Waals surface area contributed by atoms with E-state index < -0.39 is 0 Å². The van der Waals surface area contributed by atoms with Gasteiger partial charge in [0.05, 0.1) is 6.10 Å². The number of benzene rings is 1. The third kappa shape index (κ3) is 3.95. The van der Waals surface area contributed by atoms with Gasteiger partial charge < -0.3 is 4.74 Å². The second kappa shape index (κ2) is 7.49. The molecule has 2 heteroatoms. The average Bonchev–Trinajstić information content (AvgIpc) is 2.46. The summed E-state index contributed by atoms with van der Waals surface area (Å²) in [7, 11) is 1.88. The van der Waals surface area contributed by atoms with Crippen LogP contribution in [0.5, 0.6) is 0 Å². The zero-order valence-corrected chi connectivity index (χ0v) is 13.3. The Morgan fingerprint density at radius 1 is 1.17 bits per heavy atom. The van der Waals surface area contributed by atoms with Crippen molar-refractivity contribution in [3.63, 3.8) is 0 Å². The lowest BCUT2D eigenvalue weighted by Crippen LogP contribution is -2.26. The first-order valence-corrected chi connectivity index (χ1v) is 8.27. The number of methoxy groups -OCH3 is 1. The topological polar surface area (TPSA) is 9.23 Å². The van der Waals surface area contributed by atoms with Gasteiger partial charge in [0.2, 0.25) is 0 Å². The van der Waals surface area contributed by atoms with Crippen LogP contribution in [0.3, 0.4) is 0 Å². The molecule has 1 fully saturated rings. The number of alkyl halides is 1. The Hall–Kier alpha value is -0.0900. The van der Waals surface area contributed by atoms with Crippen LogP contribution in [0.1, 0.15) is 48.0 Å². The van der Waals surface area contributed by atoms with Gasteiger partial charge in [0, 0.05) is 11.0 Å². The molecule has 100 valence electrons. The van der Waals surface area contributed by atoms with Gasteiger partial charge in [0.1, 0.15) is 0 Å². The van der Waals surface area contributed by atoms with Crippen LogP contribution < -0.4 is 0 Å². The summed E-state index contributed by atoms with van der Waals surface area (Å²) in [5, 5.41) is 0. The Morgan fingerprint density at radius 2 is 1.83 bits per heavy atom. The Kier molecular flexibility index (Phi) is 5.96. The summed E-state index contributed by atoms with van der Waals surface area (Å²) in [5.41, 5.74) is 1.43. The van der Waals surface area contributed by atoms with E-state index in [0.29, 0.717) is 10.0 Å². The van der Waals surface area contributed by atoms with E-state index in [4.69, 9.17) is 4.74 Å². The highest BCUT2D eigenvalue weighted by atomic mass is 127. The van der Waals surface area contributed by atoms with Gasteiger partial charge >= 0.3 is 0 Å². The van der Waals surface area contributed by atoms with Crippen LogP contribution >= 0.6 is 22.6 Å². The lowest BCUT2D eigenvalue weighted by Gasteiger charge is -2.30. The molecule has 1 nitrogen and oxygen atoms in total. The molecular formula is C16H23IO. The summed E-state index contributed by atoms with van der Waals surface area (Å²) in [6.07, 6.45) is 8.49. The molecule has 0 amide bonds. The highest BCUT2D eigenvalue weighted by Crippen LogP contribution is 2.35. The van der Waals surface area contributed by atoms with Crippen LogP contribution in [-0.4, -0.2) is 13.2 Å². The second-order valence-corrected chi connectivity index (χ2v) is 6.79. The summed E-state index contributed by atoms with van der Waals surface area (Å²) in [6, 6.07) is 10.8. The Morgan fingerprint density at radius 3 is 2.44 bits per heavy atom. The molecule has 2 unspecified atom stereocenters. The third-order valence-corrected chi connectivity index (χ3v) is 5.31. The van der Waals surface area contributed by atoms with Crippen LogP contribution in [0.15, 0.2) is 30.3 Å². The number of halogens is 1. The lowest BCUT2D eigenvalue weighted by molar-refractivity contribution is 0.0309. The molecule has 0 aromatic heterocycles. The van der Waals surface area contributed by atoms with E-state index in [-0.39, 0.29) is 0 Å². The molecule has 18 heavy (non-hydrogen) atoms. The van der Waals surface area contributed by atoms with Crippen LogP contribution in [0.4, 0.5) is 0 Å². The number of hydrogen-bond donors (Lipinski definition) is 0. The van der Waals surface area contributed by atoms with Crippen molar-refractivity contribution in [2.24, 2.45) is 5.92 Å². The predicted octanol–water partition coefficient (Wildman–Crippen LogP) is 5.15. The van der Waals surface area contributed by atoms with Gasteiger partial charge in [-0.2, -0.15) is 0 Å². The second-order valence-electron chi connectivity index (χ2n) is 5.29. The minimum Gasteiger partial charge on any atom is -0.381 e. The van der Waals surface area contributed by atoms with Crippen LogP contribution in [-0.2, 0) is 4.74 Å². The first-order chi connectivity index (χ1) is 8.81. The zero-order valence-electron chi connectivity index (χ0n) is 11.1. The smallest absolute Gasteiger partial charge is 0.0612 e. The summed E-state index contributed by atoms with van der Waals surface area (Å²) in [6.45, 7) is 0. The van der Waals surface area contributed by atoms with Crippen molar-refractivity contribution in [3.05, 3.63) is 35.9 Å². The minimum absolute atomic E-state index is 0.437. The van der Waals surface area contributed by atoms with Gasteiger partial charge in [-0.25, -0.2) is 0 Å². The Balaban J connectivity index is 1.93. The predicted molar refractivity (Wildman–Crippen MR) is 85.2 cm³/mol. The normalized spacial score (nSPS) is 20.6. The average molecular weight is 358 g/mol. The minimum atomic E-state index is 0.437. The van der Waals surface area contributed by atoms with Crippen molar-refractivity contribution in [2.45, 2.75) is 48.6 Å². The maximum Gasteiger partial charge on any atom is 0.0612 e. The van der Waals surface area contributed by atoms with Gasteiger partial charge in [-0.05, 0) is 30.7 Å². The molecule has 0 N–H and O–H groups in total. The van der Waals surface area contributed by atoms with Crippen molar-refractivity contribution in [2.75, 3.05) is 7.11 Å². The van der Waals surface area contributed by atoms with Gasteiger partial charge in [-0.15, -0.1) is 0 Å². The van der Waals surface area contributed by atoms with E-state index >= 15 is 0 Å². The highest BCUT2D eigenvalue weighted by molar-refractivity contribution is 14.1. The van der Waals surface area contributed by atoms with Crippen molar-refractivity contribution in [1.29, 1.82) is 0 Å². The number of rotatable bonds is 5. The van der Waals surface area contributed by atoms with Crippen LogP contribution in [0, 0.1) is 5.92 Å². The van der Waals surface area contributed by atoms with Gasteiger partial charge in [0.15, 0.2) is 0 Å². The molecule has 0 heterocycles. The molecule has 2 rings (SSSR count). The quantitative estimate of drug-likeness (QED) is 0.523. The Bertz CT molecular complexity index is 332. The number of hydrogen-bond acceptors (Lipinski definition) is 1. The van der Waals surface area contributed by atoms with E-state index in [2.05, 4.69) is 52.9 Å². The van der Waals surface area contributed by atoms with Crippen molar-refractivity contribution in [3.8, 4) is 0 Å². The fourth-order valence-electron chi connectivity index (χ4n) is 2.99. The van der Waals surface area contributed by atoms with Crippen molar-refractivity contribution >= 4 is 22.6 Å². The SMILES string of the molecule is COC(CC(I)c1ccccc1)C1CCCCC1. The van der Waals surface area contributed by atoms with E-state index in [1.54, 1.807) is 0 Å². The van der Waals surface area contributed by atoms with E-state index in [1.165, 1.54) is 37.7 Å². The monoisotopic (exact) mass is 358 g/mol. The third-order valence-electron chi connectivity index (χ3n) is 4.08.